The molecule has 1 N–H and O–H groups in total. The zero-order valence-electron chi connectivity index (χ0n) is 24.3. The second-order valence-corrected chi connectivity index (χ2v) is 12.5. The summed E-state index contributed by atoms with van der Waals surface area (Å²) in [5.41, 5.74) is 3.38. The molecule has 0 aliphatic rings. The van der Waals surface area contributed by atoms with E-state index < -0.39 is 28.5 Å². The number of anilines is 1. The van der Waals surface area contributed by atoms with Crippen molar-refractivity contribution >= 4 is 27.5 Å². The van der Waals surface area contributed by atoms with Gasteiger partial charge in [-0.25, -0.2) is 8.42 Å². The molecular formula is C32H41N3O4S. The van der Waals surface area contributed by atoms with Crippen molar-refractivity contribution in [3.63, 3.8) is 0 Å². The molecule has 2 amide bonds. The first-order valence-electron chi connectivity index (χ1n) is 13.8. The molecule has 0 fully saturated rings. The predicted octanol–water partition coefficient (Wildman–Crippen LogP) is 5.65. The molecule has 0 aromatic heterocycles. The van der Waals surface area contributed by atoms with Crippen LogP contribution in [0.1, 0.15) is 63.6 Å². The van der Waals surface area contributed by atoms with Crippen LogP contribution in [0.4, 0.5) is 5.69 Å². The van der Waals surface area contributed by atoms with Crippen LogP contribution in [0.2, 0.25) is 0 Å². The van der Waals surface area contributed by atoms with E-state index in [0.717, 1.165) is 21.0 Å². The molecule has 0 unspecified atom stereocenters. The number of nitrogens with one attached hydrogen (secondary N) is 1. The molecule has 3 rings (SSSR count). The number of carbonyl (C=O) groups is 2. The molecule has 40 heavy (non-hydrogen) atoms. The van der Waals surface area contributed by atoms with E-state index >= 15 is 0 Å². The van der Waals surface area contributed by atoms with Crippen LogP contribution >= 0.6 is 0 Å². The molecule has 0 saturated heterocycles. The third kappa shape index (κ3) is 7.72. The summed E-state index contributed by atoms with van der Waals surface area (Å²) < 4.78 is 28.9. The number of amides is 2. The maximum atomic E-state index is 14.1. The van der Waals surface area contributed by atoms with Gasteiger partial charge in [-0.3, -0.25) is 13.9 Å². The number of rotatable bonds is 12. The topological polar surface area (TPSA) is 86.8 Å². The van der Waals surface area contributed by atoms with Gasteiger partial charge >= 0.3 is 0 Å². The van der Waals surface area contributed by atoms with Gasteiger partial charge in [0.05, 0.1) is 10.6 Å². The Bertz CT molecular complexity index is 1370. The lowest BCUT2D eigenvalue weighted by molar-refractivity contribution is -0.140. The molecule has 7 nitrogen and oxygen atoms in total. The SMILES string of the molecule is CC[C@H](C(=O)NC(C)C)N(Cc1ccc(C)cc1)C(=O)CN(c1ccc(C(C)C)cc1)S(=O)(=O)c1ccccc1. The number of hydrogen-bond donors (Lipinski definition) is 1. The van der Waals surface area contributed by atoms with Crippen LogP contribution in [0.3, 0.4) is 0 Å². The lowest BCUT2D eigenvalue weighted by atomic mass is 10.0. The molecule has 0 spiro atoms. The van der Waals surface area contributed by atoms with Gasteiger partial charge in [0.1, 0.15) is 12.6 Å². The number of sulfonamides is 1. The second-order valence-electron chi connectivity index (χ2n) is 10.7. The normalized spacial score (nSPS) is 12.3. The molecule has 0 radical (unpaired) electrons. The Labute approximate surface area is 239 Å². The van der Waals surface area contributed by atoms with E-state index in [1.165, 1.54) is 17.0 Å². The van der Waals surface area contributed by atoms with Crippen molar-refractivity contribution in [2.75, 3.05) is 10.8 Å². The van der Waals surface area contributed by atoms with E-state index in [2.05, 4.69) is 19.2 Å². The molecule has 0 aliphatic heterocycles. The molecular weight excluding hydrogens is 522 g/mol. The Kier molecular flexibility index (Phi) is 10.5. The molecule has 0 aliphatic carbocycles. The highest BCUT2D eigenvalue weighted by molar-refractivity contribution is 7.92. The molecule has 1 atom stereocenters. The van der Waals surface area contributed by atoms with Crippen molar-refractivity contribution in [2.24, 2.45) is 0 Å². The van der Waals surface area contributed by atoms with Gasteiger partial charge in [0, 0.05) is 12.6 Å². The standard InChI is InChI=1S/C32H41N3O4S/c1-7-30(32(37)33-24(4)5)34(21-26-15-13-25(6)14-16-26)31(36)22-35(28-19-17-27(18-20-28)23(2)3)40(38,39)29-11-9-8-10-12-29/h8-20,23-24,30H,7,21-22H2,1-6H3,(H,33,37)/t30-/m1/s1. The number of benzene rings is 3. The van der Waals surface area contributed by atoms with E-state index in [1.54, 1.807) is 30.3 Å². The molecule has 0 saturated carbocycles. The molecule has 0 heterocycles. The van der Waals surface area contributed by atoms with E-state index in [1.807, 2.05) is 64.1 Å². The molecule has 3 aromatic carbocycles. The zero-order valence-corrected chi connectivity index (χ0v) is 25.1. The van der Waals surface area contributed by atoms with Gasteiger partial charge in [0.25, 0.3) is 10.0 Å². The largest absolute Gasteiger partial charge is 0.352 e. The minimum atomic E-state index is -4.08. The maximum Gasteiger partial charge on any atom is 0.264 e. The Morgan fingerprint density at radius 3 is 1.98 bits per heavy atom. The van der Waals surface area contributed by atoms with Gasteiger partial charge in [-0.05, 0) is 68.5 Å². The predicted molar refractivity (Wildman–Crippen MR) is 161 cm³/mol. The monoisotopic (exact) mass is 563 g/mol. The fraction of sp³-hybridized carbons (Fsp3) is 0.375. The third-order valence-corrected chi connectivity index (χ3v) is 8.54. The van der Waals surface area contributed by atoms with Crippen molar-refractivity contribution in [3.8, 4) is 0 Å². The highest BCUT2D eigenvalue weighted by atomic mass is 32.2. The van der Waals surface area contributed by atoms with Crippen molar-refractivity contribution in [3.05, 3.63) is 95.6 Å². The van der Waals surface area contributed by atoms with E-state index in [4.69, 9.17) is 0 Å². The summed E-state index contributed by atoms with van der Waals surface area (Å²) in [5, 5.41) is 2.92. The van der Waals surface area contributed by atoms with Crippen molar-refractivity contribution in [1.29, 1.82) is 0 Å². The number of nitrogens with zero attached hydrogens (tertiary/aromatic N) is 2. The summed E-state index contributed by atoms with van der Waals surface area (Å²) in [7, 11) is -4.08. The summed E-state index contributed by atoms with van der Waals surface area (Å²) in [4.78, 5) is 28.9. The zero-order chi connectivity index (χ0) is 29.4. The van der Waals surface area contributed by atoms with Crippen LogP contribution in [0.5, 0.6) is 0 Å². The van der Waals surface area contributed by atoms with Crippen LogP contribution in [0.15, 0.2) is 83.8 Å². The first-order chi connectivity index (χ1) is 18.9. The smallest absolute Gasteiger partial charge is 0.264 e. The minimum Gasteiger partial charge on any atom is -0.352 e. The number of hydrogen-bond acceptors (Lipinski definition) is 4. The Morgan fingerprint density at radius 1 is 0.850 bits per heavy atom. The summed E-state index contributed by atoms with van der Waals surface area (Å²) in [6, 6.07) is 22.2. The average Bonchev–Trinajstić information content (AvgIpc) is 2.92. The Hall–Kier alpha value is -3.65. The van der Waals surface area contributed by atoms with Gasteiger partial charge in [-0.2, -0.15) is 0 Å². The summed E-state index contributed by atoms with van der Waals surface area (Å²) >= 11 is 0. The maximum absolute atomic E-state index is 14.1. The fourth-order valence-corrected chi connectivity index (χ4v) is 5.90. The van der Waals surface area contributed by atoms with Crippen LogP contribution in [0, 0.1) is 6.92 Å². The van der Waals surface area contributed by atoms with E-state index in [0.29, 0.717) is 12.1 Å². The van der Waals surface area contributed by atoms with Gasteiger partial charge in [0.15, 0.2) is 0 Å². The van der Waals surface area contributed by atoms with E-state index in [-0.39, 0.29) is 29.3 Å². The summed E-state index contributed by atoms with van der Waals surface area (Å²) in [5.74, 6) is -0.458. The van der Waals surface area contributed by atoms with Crippen LogP contribution in [0.25, 0.3) is 0 Å². The van der Waals surface area contributed by atoms with Gasteiger partial charge in [-0.1, -0.05) is 80.9 Å². The van der Waals surface area contributed by atoms with Crippen molar-refractivity contribution in [2.45, 2.75) is 77.4 Å². The highest BCUT2D eigenvalue weighted by Crippen LogP contribution is 2.27. The van der Waals surface area contributed by atoms with Crippen LogP contribution < -0.4 is 9.62 Å². The van der Waals surface area contributed by atoms with E-state index in [9.17, 15) is 18.0 Å². The van der Waals surface area contributed by atoms with Gasteiger partial charge in [0.2, 0.25) is 11.8 Å². The number of aryl methyl sites for hydroxylation is 1. The quantitative estimate of drug-likeness (QED) is 0.309. The summed E-state index contributed by atoms with van der Waals surface area (Å²) in [6.45, 7) is 11.4. The molecule has 0 bridgehead atoms. The average molecular weight is 564 g/mol. The first-order valence-corrected chi connectivity index (χ1v) is 15.2. The van der Waals surface area contributed by atoms with Crippen molar-refractivity contribution < 1.29 is 18.0 Å². The molecule has 3 aromatic rings. The lowest BCUT2D eigenvalue weighted by Gasteiger charge is -2.33. The molecule has 8 heteroatoms. The van der Waals surface area contributed by atoms with Crippen LogP contribution in [-0.2, 0) is 26.2 Å². The fourth-order valence-electron chi connectivity index (χ4n) is 4.46. The third-order valence-electron chi connectivity index (χ3n) is 6.75. The Balaban J connectivity index is 2.06. The second kappa shape index (κ2) is 13.6. The van der Waals surface area contributed by atoms with Crippen molar-refractivity contribution in [1.82, 2.24) is 10.2 Å². The lowest BCUT2D eigenvalue weighted by Crippen LogP contribution is -2.53. The summed E-state index contributed by atoms with van der Waals surface area (Å²) in [6.07, 6.45) is 0.380. The Morgan fingerprint density at radius 2 is 1.45 bits per heavy atom. The van der Waals surface area contributed by atoms with Gasteiger partial charge in [-0.15, -0.1) is 0 Å². The first kappa shape index (κ1) is 30.9. The van der Waals surface area contributed by atoms with Gasteiger partial charge < -0.3 is 10.2 Å². The number of carbonyl (C=O) groups excluding carboxylic acids is 2. The van der Waals surface area contributed by atoms with Crippen LogP contribution in [-0.4, -0.2) is 43.8 Å². The highest BCUT2D eigenvalue weighted by Gasteiger charge is 2.33. The minimum absolute atomic E-state index is 0.0883. The molecule has 214 valence electrons.